The van der Waals surface area contributed by atoms with Crippen LogP contribution < -0.4 is 0 Å². The maximum Gasteiger partial charge on any atom is 0.0499 e. The highest BCUT2D eigenvalue weighted by Gasteiger charge is 2.06. The third-order valence-corrected chi connectivity index (χ3v) is 2.18. The molecule has 0 aromatic rings. The molecule has 1 unspecified atom stereocenters. The zero-order valence-electron chi connectivity index (χ0n) is 7.18. The van der Waals surface area contributed by atoms with Gasteiger partial charge in [0.15, 0.2) is 0 Å². The minimum Gasteiger partial charge on any atom is -0.304 e. The third kappa shape index (κ3) is 3.18. The number of aliphatic imine (C=N–C) groups is 1. The van der Waals surface area contributed by atoms with E-state index in [0.29, 0.717) is 11.6 Å². The van der Waals surface area contributed by atoms with E-state index in [1.807, 2.05) is 0 Å². The Bertz CT molecular complexity index is 231. The van der Waals surface area contributed by atoms with Gasteiger partial charge < -0.3 is 5.41 Å². The summed E-state index contributed by atoms with van der Waals surface area (Å²) in [5.41, 5.74) is 0.588. The molecule has 1 aliphatic rings. The predicted octanol–water partition coefficient (Wildman–Crippen LogP) is 2.98. The van der Waals surface area contributed by atoms with E-state index in [4.69, 9.17) is 17.0 Å². The monoisotopic (exact) mass is 184 g/mol. The van der Waals surface area contributed by atoms with Crippen molar-refractivity contribution in [2.45, 2.75) is 26.2 Å². The molecule has 0 radical (unpaired) electrons. The molecule has 3 heteroatoms. The van der Waals surface area contributed by atoms with Crippen LogP contribution in [0, 0.1) is 11.3 Å². The van der Waals surface area contributed by atoms with Gasteiger partial charge in [-0.3, -0.25) is 4.99 Å². The summed E-state index contributed by atoms with van der Waals surface area (Å²) in [4.78, 5) is 3.94. The Balaban J connectivity index is 2.66. The molecule has 0 fully saturated rings. The molecular weight excluding hydrogens is 172 g/mol. The highest BCUT2D eigenvalue weighted by atomic mass is 35.5. The van der Waals surface area contributed by atoms with E-state index < -0.39 is 0 Å². The Morgan fingerprint density at radius 1 is 1.67 bits per heavy atom. The van der Waals surface area contributed by atoms with Crippen LogP contribution in [0.1, 0.15) is 26.2 Å². The first-order chi connectivity index (χ1) is 5.68. The molecule has 0 amide bonds. The highest BCUT2D eigenvalue weighted by molar-refractivity contribution is 6.31. The molecule has 0 spiro atoms. The van der Waals surface area contributed by atoms with Crippen LogP contribution in [0.15, 0.2) is 16.2 Å². The average molecular weight is 185 g/mol. The fourth-order valence-electron chi connectivity index (χ4n) is 1.19. The van der Waals surface area contributed by atoms with Gasteiger partial charge in [-0.1, -0.05) is 18.5 Å². The Labute approximate surface area is 77.8 Å². The Morgan fingerprint density at radius 2 is 2.42 bits per heavy atom. The van der Waals surface area contributed by atoms with Crippen molar-refractivity contribution in [3.05, 3.63) is 11.2 Å². The van der Waals surface area contributed by atoms with Gasteiger partial charge in [0.25, 0.3) is 0 Å². The number of allylic oxidation sites excluding steroid dienone is 1. The van der Waals surface area contributed by atoms with Crippen molar-refractivity contribution >= 4 is 23.5 Å². The minimum atomic E-state index is 0.532. The maximum absolute atomic E-state index is 7.50. The van der Waals surface area contributed by atoms with Gasteiger partial charge in [-0.25, -0.2) is 0 Å². The van der Waals surface area contributed by atoms with Gasteiger partial charge in [0.2, 0.25) is 0 Å². The lowest BCUT2D eigenvalue weighted by Gasteiger charge is -2.07. The molecule has 1 rings (SSSR count). The smallest absolute Gasteiger partial charge is 0.0499 e. The number of halogens is 1. The van der Waals surface area contributed by atoms with Crippen LogP contribution in [-0.2, 0) is 0 Å². The summed E-state index contributed by atoms with van der Waals surface area (Å²) >= 11 is 5.86. The second-order valence-electron chi connectivity index (χ2n) is 3.23. The lowest BCUT2D eigenvalue weighted by molar-refractivity contribution is 0.559. The molecule has 1 N–H and O–H groups in total. The van der Waals surface area contributed by atoms with E-state index in [1.165, 1.54) is 0 Å². The first-order valence-corrected chi connectivity index (χ1v) is 4.51. The Kier molecular flexibility index (Phi) is 3.48. The minimum absolute atomic E-state index is 0.532. The molecule has 12 heavy (non-hydrogen) atoms. The standard InChI is InChI=1S/C9H13ClN2/c1-7-2-3-8(10)5-12-6-9(11)4-7/h5-7,11H,2-4H2,1H3/b8-5+,11-9?,12-6?. The van der Waals surface area contributed by atoms with Crippen LogP contribution in [0.25, 0.3) is 0 Å². The SMILES string of the molecule is CC1CC/C(Cl)=C\N=CC(=N)C1. The molecule has 0 saturated carbocycles. The summed E-state index contributed by atoms with van der Waals surface area (Å²) in [6.07, 6.45) is 5.94. The van der Waals surface area contributed by atoms with Crippen LogP contribution >= 0.6 is 11.6 Å². The molecule has 1 atom stereocenters. The molecule has 0 aromatic heterocycles. The summed E-state index contributed by atoms with van der Waals surface area (Å²) in [6, 6.07) is 0. The molecular formula is C9H13ClN2. The number of nitrogens with one attached hydrogen (secondary N) is 1. The van der Waals surface area contributed by atoms with Crippen LogP contribution in [0.5, 0.6) is 0 Å². The fraction of sp³-hybridized carbons (Fsp3) is 0.556. The van der Waals surface area contributed by atoms with Gasteiger partial charge in [0.1, 0.15) is 0 Å². The van der Waals surface area contributed by atoms with Crippen molar-refractivity contribution < 1.29 is 0 Å². The lowest BCUT2D eigenvalue weighted by Crippen LogP contribution is -2.04. The van der Waals surface area contributed by atoms with Crippen molar-refractivity contribution in [2.75, 3.05) is 0 Å². The fourth-order valence-corrected chi connectivity index (χ4v) is 1.35. The largest absolute Gasteiger partial charge is 0.304 e. The second kappa shape index (κ2) is 4.41. The van der Waals surface area contributed by atoms with Crippen molar-refractivity contribution in [3.63, 3.8) is 0 Å². The lowest BCUT2D eigenvalue weighted by atomic mass is 9.99. The molecule has 0 aliphatic carbocycles. The van der Waals surface area contributed by atoms with E-state index in [0.717, 1.165) is 24.3 Å². The molecule has 1 aliphatic heterocycles. The molecule has 2 nitrogen and oxygen atoms in total. The highest BCUT2D eigenvalue weighted by Crippen LogP contribution is 2.18. The predicted molar refractivity (Wildman–Crippen MR) is 53.2 cm³/mol. The van der Waals surface area contributed by atoms with Gasteiger partial charge in [-0.15, -0.1) is 0 Å². The summed E-state index contributed by atoms with van der Waals surface area (Å²) in [5.74, 6) is 0.532. The number of rotatable bonds is 0. The normalized spacial score (nSPS) is 30.0. The van der Waals surface area contributed by atoms with Gasteiger partial charge in [-0.05, 0) is 25.2 Å². The van der Waals surface area contributed by atoms with E-state index in [9.17, 15) is 0 Å². The van der Waals surface area contributed by atoms with E-state index >= 15 is 0 Å². The summed E-state index contributed by atoms with van der Waals surface area (Å²) in [5, 5.41) is 8.28. The van der Waals surface area contributed by atoms with Crippen LogP contribution in [0.2, 0.25) is 0 Å². The number of hydrogen-bond acceptors (Lipinski definition) is 2. The molecule has 0 aromatic carbocycles. The zero-order chi connectivity index (χ0) is 8.97. The van der Waals surface area contributed by atoms with Crippen LogP contribution in [0.3, 0.4) is 0 Å². The average Bonchev–Trinajstić information content (AvgIpc) is 2.05. The van der Waals surface area contributed by atoms with Gasteiger partial charge in [0, 0.05) is 23.2 Å². The van der Waals surface area contributed by atoms with Crippen LogP contribution in [0.4, 0.5) is 0 Å². The number of nitrogens with zero attached hydrogens (tertiary/aromatic N) is 1. The first-order valence-electron chi connectivity index (χ1n) is 4.13. The van der Waals surface area contributed by atoms with E-state index in [-0.39, 0.29) is 0 Å². The van der Waals surface area contributed by atoms with Gasteiger partial charge in [-0.2, -0.15) is 0 Å². The van der Waals surface area contributed by atoms with Gasteiger partial charge in [0.05, 0.1) is 0 Å². The topological polar surface area (TPSA) is 36.2 Å². The third-order valence-electron chi connectivity index (χ3n) is 1.89. The summed E-state index contributed by atoms with van der Waals surface area (Å²) in [6.45, 7) is 2.14. The van der Waals surface area contributed by atoms with Gasteiger partial charge >= 0.3 is 0 Å². The van der Waals surface area contributed by atoms with E-state index in [1.54, 1.807) is 12.4 Å². The molecule has 0 saturated heterocycles. The second-order valence-corrected chi connectivity index (χ2v) is 3.71. The quantitative estimate of drug-likeness (QED) is 0.601. The first kappa shape index (κ1) is 9.46. The molecule has 1 heterocycles. The summed E-state index contributed by atoms with van der Waals surface area (Å²) in [7, 11) is 0. The number of hydrogen-bond donors (Lipinski definition) is 1. The summed E-state index contributed by atoms with van der Waals surface area (Å²) < 4.78 is 0. The zero-order valence-corrected chi connectivity index (χ0v) is 7.93. The maximum atomic E-state index is 7.50. The van der Waals surface area contributed by atoms with Crippen molar-refractivity contribution in [3.8, 4) is 0 Å². The van der Waals surface area contributed by atoms with Crippen molar-refractivity contribution in [1.29, 1.82) is 5.41 Å². The van der Waals surface area contributed by atoms with Crippen LogP contribution in [-0.4, -0.2) is 11.9 Å². The van der Waals surface area contributed by atoms with Crippen molar-refractivity contribution in [2.24, 2.45) is 10.9 Å². The Morgan fingerprint density at radius 3 is 3.17 bits per heavy atom. The Hall–Kier alpha value is -0.630. The molecule has 0 bridgehead atoms. The molecule has 66 valence electrons. The van der Waals surface area contributed by atoms with Crippen molar-refractivity contribution in [1.82, 2.24) is 0 Å². The van der Waals surface area contributed by atoms with E-state index in [2.05, 4.69) is 11.9 Å².